The van der Waals surface area contributed by atoms with E-state index in [4.69, 9.17) is 5.11 Å². The lowest BCUT2D eigenvalue weighted by Crippen LogP contribution is -2.54. The highest BCUT2D eigenvalue weighted by atomic mass is 19.1. The number of carbonyl (C=O) groups is 1. The van der Waals surface area contributed by atoms with Gasteiger partial charge in [-0.1, -0.05) is 37.3 Å². The molecule has 8 heteroatoms. The number of H-pyrrole nitrogens is 1. The van der Waals surface area contributed by atoms with Crippen LogP contribution in [0, 0.1) is 11.6 Å². The molecular formula is C22H21F2N3O3. The summed E-state index contributed by atoms with van der Waals surface area (Å²) < 4.78 is 30.6. The zero-order valence-electron chi connectivity index (χ0n) is 16.3. The smallest absolute Gasteiger partial charge is 0.341 e. The van der Waals surface area contributed by atoms with Gasteiger partial charge in [0.15, 0.2) is 5.82 Å². The summed E-state index contributed by atoms with van der Waals surface area (Å²) in [5.74, 6) is -3.25. The molecule has 0 bridgehead atoms. The average molecular weight is 413 g/mol. The first kappa shape index (κ1) is 20.0. The van der Waals surface area contributed by atoms with Crippen LogP contribution in [0.3, 0.4) is 0 Å². The number of aromatic amines is 1. The van der Waals surface area contributed by atoms with E-state index in [0.29, 0.717) is 19.6 Å². The molecule has 0 amide bonds. The fraction of sp³-hybridized carbons (Fsp3) is 0.273. The van der Waals surface area contributed by atoms with Gasteiger partial charge in [-0.3, -0.25) is 4.79 Å². The van der Waals surface area contributed by atoms with Crippen LogP contribution in [0.2, 0.25) is 0 Å². The minimum Gasteiger partial charge on any atom is -0.477 e. The van der Waals surface area contributed by atoms with Gasteiger partial charge in [0.2, 0.25) is 5.43 Å². The summed E-state index contributed by atoms with van der Waals surface area (Å²) in [4.78, 5) is 27.8. The first-order valence-corrected chi connectivity index (χ1v) is 9.69. The Bertz CT molecular complexity index is 1160. The maximum absolute atomic E-state index is 15.4. The van der Waals surface area contributed by atoms with Crippen molar-refractivity contribution in [3.63, 3.8) is 0 Å². The number of piperazine rings is 1. The minimum atomic E-state index is -1.46. The molecule has 2 aromatic carbocycles. The van der Waals surface area contributed by atoms with E-state index in [0.717, 1.165) is 17.8 Å². The summed E-state index contributed by atoms with van der Waals surface area (Å²) in [6.45, 7) is 3.50. The molecule has 2 atom stereocenters. The lowest BCUT2D eigenvalue weighted by Gasteiger charge is -2.41. The van der Waals surface area contributed by atoms with Crippen LogP contribution in [0.5, 0.6) is 0 Å². The molecule has 1 aliphatic heterocycles. The molecule has 4 rings (SSSR count). The Morgan fingerprint density at radius 2 is 2.00 bits per heavy atom. The molecule has 0 aliphatic carbocycles. The Hall–Kier alpha value is -3.26. The summed E-state index contributed by atoms with van der Waals surface area (Å²) in [6.07, 6.45) is 0.944. The summed E-state index contributed by atoms with van der Waals surface area (Å²) in [7, 11) is 0. The number of rotatable bonds is 4. The van der Waals surface area contributed by atoms with Gasteiger partial charge >= 0.3 is 5.97 Å². The second-order valence-electron chi connectivity index (χ2n) is 7.44. The Balaban J connectivity index is 1.83. The number of pyridine rings is 1. The fourth-order valence-corrected chi connectivity index (χ4v) is 4.13. The maximum Gasteiger partial charge on any atom is 0.341 e. The number of hydrogen-bond donors (Lipinski definition) is 3. The number of hydrogen-bond acceptors (Lipinski definition) is 4. The molecule has 3 aromatic rings. The van der Waals surface area contributed by atoms with Crippen molar-refractivity contribution in [1.82, 2.24) is 10.3 Å². The molecule has 156 valence electrons. The van der Waals surface area contributed by atoms with Crippen molar-refractivity contribution in [3.8, 4) is 0 Å². The van der Waals surface area contributed by atoms with E-state index in [1.165, 1.54) is 0 Å². The van der Waals surface area contributed by atoms with Crippen molar-refractivity contribution >= 4 is 22.6 Å². The van der Waals surface area contributed by atoms with Crippen LogP contribution in [0.15, 0.2) is 47.4 Å². The van der Waals surface area contributed by atoms with E-state index in [-0.39, 0.29) is 28.6 Å². The third-order valence-corrected chi connectivity index (χ3v) is 5.75. The lowest BCUT2D eigenvalue weighted by molar-refractivity contribution is 0.0695. The van der Waals surface area contributed by atoms with Crippen molar-refractivity contribution in [2.75, 3.05) is 24.5 Å². The van der Waals surface area contributed by atoms with Crippen LogP contribution in [0.1, 0.15) is 28.8 Å². The van der Waals surface area contributed by atoms with Gasteiger partial charge in [-0.05, 0) is 11.6 Å². The number of fused-ring (bicyclic) bond motifs is 1. The van der Waals surface area contributed by atoms with Gasteiger partial charge in [0.1, 0.15) is 17.1 Å². The highest BCUT2D eigenvalue weighted by Crippen LogP contribution is 2.34. The van der Waals surface area contributed by atoms with Gasteiger partial charge < -0.3 is 20.3 Å². The predicted octanol–water partition coefficient (Wildman–Crippen LogP) is 3.09. The van der Waals surface area contributed by atoms with Gasteiger partial charge in [-0.2, -0.15) is 0 Å². The molecule has 3 N–H and O–H groups in total. The van der Waals surface area contributed by atoms with E-state index < -0.39 is 28.6 Å². The van der Waals surface area contributed by atoms with E-state index in [1.807, 2.05) is 37.3 Å². The van der Waals surface area contributed by atoms with Crippen molar-refractivity contribution < 1.29 is 18.7 Å². The molecule has 2 unspecified atom stereocenters. The van der Waals surface area contributed by atoms with Crippen molar-refractivity contribution in [3.05, 3.63) is 75.6 Å². The van der Waals surface area contributed by atoms with Crippen LogP contribution >= 0.6 is 0 Å². The largest absolute Gasteiger partial charge is 0.477 e. The normalized spacial score (nSPS) is 17.8. The number of aromatic nitrogens is 1. The van der Waals surface area contributed by atoms with Crippen LogP contribution in [0.25, 0.3) is 10.9 Å². The van der Waals surface area contributed by atoms with Crippen LogP contribution in [-0.4, -0.2) is 41.7 Å². The molecule has 1 aromatic heterocycles. The Kier molecular flexibility index (Phi) is 5.26. The first-order chi connectivity index (χ1) is 14.4. The Morgan fingerprint density at radius 3 is 2.70 bits per heavy atom. The van der Waals surface area contributed by atoms with E-state index in [2.05, 4.69) is 10.3 Å². The third kappa shape index (κ3) is 3.33. The molecule has 0 radical (unpaired) electrons. The summed E-state index contributed by atoms with van der Waals surface area (Å²) in [6, 6.07) is 10.4. The summed E-state index contributed by atoms with van der Waals surface area (Å²) >= 11 is 0. The van der Waals surface area contributed by atoms with E-state index in [9.17, 15) is 9.59 Å². The highest BCUT2D eigenvalue weighted by Gasteiger charge is 2.33. The molecule has 2 heterocycles. The van der Waals surface area contributed by atoms with E-state index in [1.54, 1.807) is 4.90 Å². The molecule has 1 aliphatic rings. The van der Waals surface area contributed by atoms with Gasteiger partial charge in [0, 0.05) is 37.8 Å². The molecule has 1 saturated heterocycles. The fourth-order valence-electron chi connectivity index (χ4n) is 4.13. The molecule has 1 fully saturated rings. The highest BCUT2D eigenvalue weighted by molar-refractivity contribution is 5.93. The number of aromatic carboxylic acids is 1. The number of benzene rings is 2. The van der Waals surface area contributed by atoms with Crippen molar-refractivity contribution in [1.29, 1.82) is 0 Å². The Morgan fingerprint density at radius 1 is 1.27 bits per heavy atom. The second kappa shape index (κ2) is 7.87. The summed E-state index contributed by atoms with van der Waals surface area (Å²) in [5, 5.41) is 12.1. The summed E-state index contributed by atoms with van der Waals surface area (Å²) in [5.41, 5.74) is -0.847. The van der Waals surface area contributed by atoms with Crippen molar-refractivity contribution in [2.45, 2.75) is 18.9 Å². The molecule has 0 saturated carbocycles. The van der Waals surface area contributed by atoms with Gasteiger partial charge in [0.25, 0.3) is 0 Å². The number of nitrogens with one attached hydrogen (secondary N) is 2. The number of halogens is 2. The number of carboxylic acids is 1. The van der Waals surface area contributed by atoms with Crippen LogP contribution in [0.4, 0.5) is 14.5 Å². The zero-order chi connectivity index (χ0) is 21.4. The monoisotopic (exact) mass is 413 g/mol. The number of nitrogens with zero attached hydrogens (tertiary/aromatic N) is 1. The number of carboxylic acid groups (broad SMARTS) is 1. The Labute approximate surface area is 171 Å². The molecule has 0 spiro atoms. The van der Waals surface area contributed by atoms with E-state index >= 15 is 8.78 Å². The average Bonchev–Trinajstić information content (AvgIpc) is 2.75. The minimum absolute atomic E-state index is 0.0121. The van der Waals surface area contributed by atoms with Crippen molar-refractivity contribution in [2.24, 2.45) is 0 Å². The lowest BCUT2D eigenvalue weighted by atomic mass is 9.90. The quantitative estimate of drug-likeness (QED) is 0.612. The van der Waals surface area contributed by atoms with Crippen LogP contribution in [-0.2, 0) is 0 Å². The second-order valence-corrected chi connectivity index (χ2v) is 7.44. The standard InChI is InChI=1S/C22H21F2N3O3/c1-12(13-5-3-2-4-6-13)17-11-25-7-8-27(17)20-16(23)9-14-19(18(20)24)26-10-15(21(14)28)22(29)30/h2-6,9-10,12,17,25H,7-8,11H2,1H3,(H,26,28)(H,29,30). The topological polar surface area (TPSA) is 85.4 Å². The van der Waals surface area contributed by atoms with Gasteiger partial charge in [-0.15, -0.1) is 0 Å². The third-order valence-electron chi connectivity index (χ3n) is 5.75. The van der Waals surface area contributed by atoms with Crippen LogP contribution < -0.4 is 15.6 Å². The first-order valence-electron chi connectivity index (χ1n) is 9.69. The molecule has 6 nitrogen and oxygen atoms in total. The number of anilines is 1. The van der Waals surface area contributed by atoms with Gasteiger partial charge in [-0.25, -0.2) is 13.6 Å². The zero-order valence-corrected chi connectivity index (χ0v) is 16.3. The molecular weight excluding hydrogens is 392 g/mol. The SMILES string of the molecule is CC(c1ccccc1)C1CNCCN1c1c(F)cc2c(=O)c(C(=O)O)c[nH]c2c1F. The predicted molar refractivity (Wildman–Crippen MR) is 110 cm³/mol. The maximum atomic E-state index is 15.4. The molecule has 30 heavy (non-hydrogen) atoms. The van der Waals surface area contributed by atoms with Gasteiger partial charge in [0.05, 0.1) is 10.9 Å².